The molecule has 0 saturated heterocycles. The van der Waals surface area contributed by atoms with Crippen LogP contribution >= 0.6 is 23.5 Å². The highest BCUT2D eigenvalue weighted by Gasteiger charge is 2.09. The second-order valence-corrected chi connectivity index (χ2v) is 7.92. The SMILES string of the molecule is COc1ccc(-c2nc(SCC(=O)NCCSCc3ccccc3)n[nH]2)cc1. The Kier molecular flexibility index (Phi) is 7.81. The van der Waals surface area contributed by atoms with Gasteiger partial charge in [0, 0.05) is 23.6 Å². The van der Waals surface area contributed by atoms with Crippen LogP contribution < -0.4 is 10.1 Å². The van der Waals surface area contributed by atoms with Crippen molar-refractivity contribution in [1.82, 2.24) is 20.5 Å². The quantitative estimate of drug-likeness (QED) is 0.390. The van der Waals surface area contributed by atoms with Crippen molar-refractivity contribution in [1.29, 1.82) is 0 Å². The van der Waals surface area contributed by atoms with Crippen LogP contribution in [0.1, 0.15) is 5.56 Å². The van der Waals surface area contributed by atoms with Gasteiger partial charge < -0.3 is 10.1 Å². The number of nitrogens with zero attached hydrogens (tertiary/aromatic N) is 2. The minimum atomic E-state index is -0.0129. The number of aromatic amines is 1. The largest absolute Gasteiger partial charge is 0.497 e. The van der Waals surface area contributed by atoms with E-state index >= 15 is 0 Å². The maximum absolute atomic E-state index is 12.0. The Morgan fingerprint density at radius 2 is 1.93 bits per heavy atom. The lowest BCUT2D eigenvalue weighted by Crippen LogP contribution is -2.27. The van der Waals surface area contributed by atoms with E-state index in [9.17, 15) is 4.79 Å². The highest BCUT2D eigenvalue weighted by molar-refractivity contribution is 7.99. The van der Waals surface area contributed by atoms with Crippen LogP contribution in [0.25, 0.3) is 11.4 Å². The van der Waals surface area contributed by atoms with Crippen molar-refractivity contribution in [2.24, 2.45) is 0 Å². The maximum atomic E-state index is 12.0. The lowest BCUT2D eigenvalue weighted by molar-refractivity contribution is -0.118. The molecule has 146 valence electrons. The number of H-pyrrole nitrogens is 1. The highest BCUT2D eigenvalue weighted by atomic mass is 32.2. The Balaban J connectivity index is 1.35. The Hall–Kier alpha value is -2.45. The van der Waals surface area contributed by atoms with Gasteiger partial charge in [-0.15, -0.1) is 5.10 Å². The number of carbonyl (C=O) groups is 1. The Morgan fingerprint density at radius 3 is 2.68 bits per heavy atom. The van der Waals surface area contributed by atoms with E-state index in [0.717, 1.165) is 22.8 Å². The molecule has 0 unspecified atom stereocenters. The molecule has 3 rings (SSSR count). The van der Waals surface area contributed by atoms with E-state index in [1.54, 1.807) is 18.9 Å². The molecule has 2 N–H and O–H groups in total. The van der Waals surface area contributed by atoms with Gasteiger partial charge in [0.1, 0.15) is 5.75 Å². The first-order chi connectivity index (χ1) is 13.7. The van der Waals surface area contributed by atoms with Gasteiger partial charge >= 0.3 is 0 Å². The molecule has 28 heavy (non-hydrogen) atoms. The normalized spacial score (nSPS) is 10.6. The molecule has 2 aromatic carbocycles. The first-order valence-corrected chi connectivity index (χ1v) is 11.0. The lowest BCUT2D eigenvalue weighted by Gasteiger charge is -2.04. The van der Waals surface area contributed by atoms with Gasteiger partial charge in [0.25, 0.3) is 0 Å². The molecule has 6 nitrogen and oxygen atoms in total. The molecule has 1 heterocycles. The van der Waals surface area contributed by atoms with Gasteiger partial charge in [0.15, 0.2) is 5.82 Å². The zero-order valence-electron chi connectivity index (χ0n) is 15.6. The smallest absolute Gasteiger partial charge is 0.230 e. The third kappa shape index (κ3) is 6.31. The number of aromatic nitrogens is 3. The number of nitrogens with one attached hydrogen (secondary N) is 2. The average Bonchev–Trinajstić information content (AvgIpc) is 3.22. The Bertz CT molecular complexity index is 869. The number of carbonyl (C=O) groups excluding carboxylic acids is 1. The summed E-state index contributed by atoms with van der Waals surface area (Å²) in [6, 6.07) is 17.9. The number of amides is 1. The summed E-state index contributed by atoms with van der Waals surface area (Å²) < 4.78 is 5.15. The van der Waals surface area contributed by atoms with Crippen molar-refractivity contribution >= 4 is 29.4 Å². The number of hydrogen-bond donors (Lipinski definition) is 2. The third-order valence-corrected chi connectivity index (χ3v) is 5.72. The fourth-order valence-electron chi connectivity index (χ4n) is 2.40. The molecule has 1 aromatic heterocycles. The molecule has 0 bridgehead atoms. The predicted octanol–water partition coefficient (Wildman–Crippen LogP) is 3.62. The van der Waals surface area contributed by atoms with Crippen LogP contribution in [-0.2, 0) is 10.5 Å². The number of ether oxygens (including phenoxy) is 1. The molecule has 1 amide bonds. The fraction of sp³-hybridized carbons (Fsp3) is 0.250. The first-order valence-electron chi connectivity index (χ1n) is 8.82. The number of benzene rings is 2. The van der Waals surface area contributed by atoms with E-state index in [1.807, 2.05) is 42.5 Å². The summed E-state index contributed by atoms with van der Waals surface area (Å²) in [4.78, 5) is 16.4. The monoisotopic (exact) mass is 414 g/mol. The molecule has 0 aliphatic carbocycles. The second kappa shape index (κ2) is 10.8. The number of rotatable bonds is 10. The van der Waals surface area contributed by atoms with Crippen molar-refractivity contribution in [3.63, 3.8) is 0 Å². The molecule has 0 fully saturated rings. The summed E-state index contributed by atoms with van der Waals surface area (Å²) in [6.07, 6.45) is 0. The zero-order valence-corrected chi connectivity index (χ0v) is 17.2. The summed E-state index contributed by atoms with van der Waals surface area (Å²) in [5, 5.41) is 10.5. The zero-order chi connectivity index (χ0) is 19.6. The number of thioether (sulfide) groups is 2. The molecule has 0 aliphatic rings. The van der Waals surface area contributed by atoms with Crippen molar-refractivity contribution in [3.8, 4) is 17.1 Å². The van der Waals surface area contributed by atoms with Crippen LogP contribution in [0.3, 0.4) is 0 Å². The van der Waals surface area contributed by atoms with E-state index in [4.69, 9.17) is 4.74 Å². The molecule has 8 heteroatoms. The van der Waals surface area contributed by atoms with Crippen LogP contribution in [0.15, 0.2) is 59.8 Å². The van der Waals surface area contributed by atoms with E-state index in [2.05, 4.69) is 32.6 Å². The maximum Gasteiger partial charge on any atom is 0.230 e. The van der Waals surface area contributed by atoms with Crippen LogP contribution in [-0.4, -0.2) is 46.2 Å². The standard InChI is InChI=1S/C20H22N4O2S2/c1-26-17-9-7-16(8-10-17)19-22-20(24-23-19)28-14-18(25)21-11-12-27-13-15-5-3-2-4-6-15/h2-10H,11-14H2,1H3,(H,21,25)(H,22,23,24). The number of hydrogen-bond acceptors (Lipinski definition) is 6. The predicted molar refractivity (Wildman–Crippen MR) is 115 cm³/mol. The van der Waals surface area contributed by atoms with Crippen LogP contribution in [0, 0.1) is 0 Å². The van der Waals surface area contributed by atoms with Crippen molar-refractivity contribution in [2.75, 3.05) is 25.2 Å². The molecule has 0 aliphatic heterocycles. The van der Waals surface area contributed by atoms with Gasteiger partial charge in [0.2, 0.25) is 11.1 Å². The summed E-state index contributed by atoms with van der Waals surface area (Å²) >= 11 is 3.12. The highest BCUT2D eigenvalue weighted by Crippen LogP contribution is 2.21. The van der Waals surface area contributed by atoms with Gasteiger partial charge in [-0.2, -0.15) is 11.8 Å². The Labute approximate surface area is 172 Å². The molecule has 0 radical (unpaired) electrons. The molecule has 3 aromatic rings. The van der Waals surface area contributed by atoms with Gasteiger partial charge in [-0.25, -0.2) is 4.98 Å². The summed E-state index contributed by atoms with van der Waals surface area (Å²) in [5.41, 5.74) is 2.21. The second-order valence-electron chi connectivity index (χ2n) is 5.87. The van der Waals surface area contributed by atoms with Crippen molar-refractivity contribution in [3.05, 3.63) is 60.2 Å². The summed E-state index contributed by atoms with van der Waals surface area (Å²) in [5.74, 6) is 3.58. The van der Waals surface area contributed by atoms with Gasteiger partial charge in [0.05, 0.1) is 12.9 Å². The summed E-state index contributed by atoms with van der Waals surface area (Å²) in [6.45, 7) is 0.655. The third-order valence-electron chi connectivity index (χ3n) is 3.84. The molecular weight excluding hydrogens is 392 g/mol. The van der Waals surface area contributed by atoms with E-state index in [1.165, 1.54) is 17.3 Å². The van der Waals surface area contributed by atoms with Crippen LogP contribution in [0.5, 0.6) is 5.75 Å². The minimum absolute atomic E-state index is 0.0129. The Morgan fingerprint density at radius 1 is 1.14 bits per heavy atom. The van der Waals surface area contributed by atoms with Crippen molar-refractivity contribution < 1.29 is 9.53 Å². The van der Waals surface area contributed by atoms with E-state index < -0.39 is 0 Å². The average molecular weight is 415 g/mol. The lowest BCUT2D eigenvalue weighted by atomic mass is 10.2. The molecule has 0 spiro atoms. The number of methoxy groups -OCH3 is 1. The first kappa shape index (κ1) is 20.3. The minimum Gasteiger partial charge on any atom is -0.497 e. The van der Waals surface area contributed by atoms with Crippen LogP contribution in [0.2, 0.25) is 0 Å². The van der Waals surface area contributed by atoms with Gasteiger partial charge in [-0.05, 0) is 29.8 Å². The van der Waals surface area contributed by atoms with E-state index in [0.29, 0.717) is 23.3 Å². The van der Waals surface area contributed by atoms with Gasteiger partial charge in [-0.3, -0.25) is 9.89 Å². The van der Waals surface area contributed by atoms with Crippen LogP contribution in [0.4, 0.5) is 0 Å². The molecular formula is C20H22N4O2S2. The van der Waals surface area contributed by atoms with E-state index in [-0.39, 0.29) is 5.91 Å². The topological polar surface area (TPSA) is 79.9 Å². The molecule has 0 saturated carbocycles. The van der Waals surface area contributed by atoms with Crippen molar-refractivity contribution in [2.45, 2.75) is 10.9 Å². The van der Waals surface area contributed by atoms with Gasteiger partial charge in [-0.1, -0.05) is 42.1 Å². The molecule has 0 atom stereocenters. The fourth-order valence-corrected chi connectivity index (χ4v) is 3.84. The summed E-state index contributed by atoms with van der Waals surface area (Å²) in [7, 11) is 1.63.